The van der Waals surface area contributed by atoms with Gasteiger partial charge in [0.25, 0.3) is 0 Å². The molecular formula is C10H16. The summed E-state index contributed by atoms with van der Waals surface area (Å²) in [4.78, 5) is 0. The zero-order valence-corrected chi connectivity index (χ0v) is 6.98. The van der Waals surface area contributed by atoms with Crippen molar-refractivity contribution in [2.24, 2.45) is 22.7 Å². The van der Waals surface area contributed by atoms with Gasteiger partial charge in [-0.2, -0.15) is 0 Å². The Morgan fingerprint density at radius 1 is 1.30 bits per heavy atom. The lowest BCUT2D eigenvalue weighted by molar-refractivity contribution is 0.211. The van der Waals surface area contributed by atoms with Gasteiger partial charge in [0, 0.05) is 0 Å². The van der Waals surface area contributed by atoms with Gasteiger partial charge in [0.1, 0.15) is 0 Å². The van der Waals surface area contributed by atoms with Gasteiger partial charge in [-0.25, -0.2) is 0 Å². The molecule has 0 aromatic heterocycles. The van der Waals surface area contributed by atoms with Crippen LogP contribution in [-0.2, 0) is 0 Å². The molecule has 0 heterocycles. The quantitative estimate of drug-likeness (QED) is 0.520. The second-order valence-electron chi connectivity index (χ2n) is 4.98. The largest absolute Gasteiger partial charge is 0.0614 e. The molecule has 0 bridgehead atoms. The number of rotatable bonds is 1. The minimum atomic E-state index is 0.845. The van der Waals surface area contributed by atoms with E-state index in [0.717, 1.165) is 22.7 Å². The lowest BCUT2D eigenvalue weighted by atomic mass is 9.76. The van der Waals surface area contributed by atoms with Crippen LogP contribution in [0.2, 0.25) is 0 Å². The highest BCUT2D eigenvalue weighted by Gasteiger charge is 2.87. The normalized spacial score (nSPS) is 64.8. The van der Waals surface area contributed by atoms with Gasteiger partial charge in [-0.1, -0.05) is 20.3 Å². The van der Waals surface area contributed by atoms with E-state index in [4.69, 9.17) is 0 Å². The van der Waals surface area contributed by atoms with Gasteiger partial charge in [-0.3, -0.25) is 0 Å². The van der Waals surface area contributed by atoms with Crippen molar-refractivity contribution in [3.63, 3.8) is 0 Å². The highest BCUT2D eigenvalue weighted by molar-refractivity contribution is 5.35. The van der Waals surface area contributed by atoms with E-state index in [2.05, 4.69) is 13.8 Å². The number of hydrogen-bond donors (Lipinski definition) is 0. The van der Waals surface area contributed by atoms with Crippen LogP contribution in [0.25, 0.3) is 0 Å². The molecule has 0 saturated heterocycles. The Labute approximate surface area is 63.0 Å². The molecule has 3 aliphatic carbocycles. The fourth-order valence-corrected chi connectivity index (χ4v) is 3.67. The van der Waals surface area contributed by atoms with Crippen molar-refractivity contribution in [3.8, 4) is 0 Å². The van der Waals surface area contributed by atoms with E-state index in [-0.39, 0.29) is 0 Å². The Morgan fingerprint density at radius 3 is 2.00 bits per heavy atom. The van der Waals surface area contributed by atoms with Crippen molar-refractivity contribution in [1.82, 2.24) is 0 Å². The summed E-state index contributed by atoms with van der Waals surface area (Å²) in [5, 5.41) is 0. The van der Waals surface area contributed by atoms with E-state index in [9.17, 15) is 0 Å². The van der Waals surface area contributed by atoms with Crippen molar-refractivity contribution in [1.29, 1.82) is 0 Å². The van der Waals surface area contributed by atoms with Crippen LogP contribution < -0.4 is 0 Å². The fraction of sp³-hybridized carbons (Fsp3) is 1.00. The third kappa shape index (κ3) is 0.320. The standard InChI is InChI=1S/C10H16/c1-7-9(2)6-10(7,9)8-4-3-5-8/h7-8H,3-6H2,1-2H3. The van der Waals surface area contributed by atoms with Gasteiger partial charge in [0.2, 0.25) is 0 Å². The van der Waals surface area contributed by atoms with E-state index in [0.29, 0.717) is 0 Å². The van der Waals surface area contributed by atoms with Crippen molar-refractivity contribution in [2.45, 2.75) is 39.5 Å². The first-order valence-electron chi connectivity index (χ1n) is 4.72. The SMILES string of the molecule is CC1C2(C)CC12C1CCC1. The molecule has 0 amide bonds. The molecule has 0 aromatic carbocycles. The van der Waals surface area contributed by atoms with Gasteiger partial charge < -0.3 is 0 Å². The molecule has 3 fully saturated rings. The summed E-state index contributed by atoms with van der Waals surface area (Å²) < 4.78 is 0. The third-order valence-corrected chi connectivity index (χ3v) is 5.08. The highest BCUT2D eigenvalue weighted by atomic mass is 14.9. The highest BCUT2D eigenvalue weighted by Crippen LogP contribution is 2.93. The van der Waals surface area contributed by atoms with E-state index in [1.165, 1.54) is 6.42 Å². The van der Waals surface area contributed by atoms with Crippen LogP contribution >= 0.6 is 0 Å². The summed E-state index contributed by atoms with van der Waals surface area (Å²) in [7, 11) is 0. The molecule has 10 heavy (non-hydrogen) atoms. The van der Waals surface area contributed by atoms with Crippen LogP contribution in [0.15, 0.2) is 0 Å². The van der Waals surface area contributed by atoms with Crippen molar-refractivity contribution >= 4 is 0 Å². The van der Waals surface area contributed by atoms with Crippen LogP contribution in [0.1, 0.15) is 39.5 Å². The Hall–Kier alpha value is 0. The summed E-state index contributed by atoms with van der Waals surface area (Å²) in [6.45, 7) is 4.96. The van der Waals surface area contributed by atoms with Crippen LogP contribution in [0.5, 0.6) is 0 Å². The van der Waals surface area contributed by atoms with Gasteiger partial charge in [-0.15, -0.1) is 0 Å². The summed E-state index contributed by atoms with van der Waals surface area (Å²) in [6, 6.07) is 0. The Balaban J connectivity index is 1.84. The summed E-state index contributed by atoms with van der Waals surface area (Å²) >= 11 is 0. The molecular weight excluding hydrogens is 120 g/mol. The molecule has 0 aliphatic heterocycles. The average molecular weight is 136 g/mol. The maximum atomic E-state index is 2.50. The predicted octanol–water partition coefficient (Wildman–Crippen LogP) is 2.83. The van der Waals surface area contributed by atoms with Crippen LogP contribution in [0, 0.1) is 22.7 Å². The Morgan fingerprint density at radius 2 is 1.90 bits per heavy atom. The molecule has 56 valence electrons. The molecule has 3 atom stereocenters. The molecule has 0 spiro atoms. The van der Waals surface area contributed by atoms with Crippen molar-refractivity contribution in [2.75, 3.05) is 0 Å². The van der Waals surface area contributed by atoms with Crippen LogP contribution in [-0.4, -0.2) is 0 Å². The molecule has 3 saturated carbocycles. The first kappa shape index (κ1) is 5.62. The lowest BCUT2D eigenvalue weighted by Crippen LogP contribution is -2.19. The van der Waals surface area contributed by atoms with E-state index in [1.54, 1.807) is 19.3 Å². The van der Waals surface area contributed by atoms with Gasteiger partial charge in [0.05, 0.1) is 0 Å². The number of hydrogen-bond acceptors (Lipinski definition) is 0. The van der Waals surface area contributed by atoms with E-state index >= 15 is 0 Å². The van der Waals surface area contributed by atoms with Gasteiger partial charge in [0.15, 0.2) is 0 Å². The topological polar surface area (TPSA) is 0 Å². The molecule has 3 unspecified atom stereocenters. The molecule has 3 aliphatic rings. The Kier molecular flexibility index (Phi) is 0.669. The minimum Gasteiger partial charge on any atom is -0.0614 e. The first-order valence-corrected chi connectivity index (χ1v) is 4.72. The van der Waals surface area contributed by atoms with Crippen LogP contribution in [0.3, 0.4) is 0 Å². The van der Waals surface area contributed by atoms with E-state index < -0.39 is 0 Å². The van der Waals surface area contributed by atoms with Crippen LogP contribution in [0.4, 0.5) is 0 Å². The summed E-state index contributed by atoms with van der Waals surface area (Å²) in [5.41, 5.74) is 1.75. The van der Waals surface area contributed by atoms with Gasteiger partial charge >= 0.3 is 0 Å². The van der Waals surface area contributed by atoms with Crippen molar-refractivity contribution in [3.05, 3.63) is 0 Å². The fourth-order valence-electron chi connectivity index (χ4n) is 3.67. The molecule has 0 N–H and O–H groups in total. The van der Waals surface area contributed by atoms with E-state index in [1.807, 2.05) is 0 Å². The van der Waals surface area contributed by atoms with Gasteiger partial charge in [-0.05, 0) is 41.9 Å². The smallest absolute Gasteiger partial charge is 0.0176 e. The minimum absolute atomic E-state index is 0.845. The second-order valence-corrected chi connectivity index (χ2v) is 4.98. The van der Waals surface area contributed by atoms with Crippen molar-refractivity contribution < 1.29 is 0 Å². The zero-order chi connectivity index (χ0) is 6.98. The second kappa shape index (κ2) is 1.19. The molecule has 0 nitrogen and oxygen atoms in total. The molecule has 3 rings (SSSR count). The third-order valence-electron chi connectivity index (χ3n) is 5.08. The maximum absolute atomic E-state index is 2.50. The maximum Gasteiger partial charge on any atom is -0.0176 e. The summed E-state index contributed by atoms with van der Waals surface area (Å²) in [5.74, 6) is 2.25. The molecule has 0 aromatic rings. The lowest BCUT2D eigenvalue weighted by Gasteiger charge is -2.29. The zero-order valence-electron chi connectivity index (χ0n) is 6.98. The molecule has 0 heteroatoms. The Bertz CT molecular complexity index is 192. The predicted molar refractivity (Wildman–Crippen MR) is 41.7 cm³/mol. The average Bonchev–Trinajstić information content (AvgIpc) is 2.48. The number of fused-ring (bicyclic) bond motifs is 1. The summed E-state index contributed by atoms with van der Waals surface area (Å²) in [6.07, 6.45) is 6.21. The molecule has 0 radical (unpaired) electrons. The monoisotopic (exact) mass is 136 g/mol. The first-order chi connectivity index (χ1) is 4.72.